The Labute approximate surface area is 178 Å². The van der Waals surface area contributed by atoms with Crippen LogP contribution in [0.1, 0.15) is 33.7 Å². The topological polar surface area (TPSA) is 109 Å². The van der Waals surface area contributed by atoms with Crippen LogP contribution in [0.15, 0.2) is 47.0 Å². The molecule has 0 radical (unpaired) electrons. The second kappa shape index (κ2) is 9.48. The molecule has 0 bridgehead atoms. The molecule has 8 nitrogen and oxygen atoms in total. The summed E-state index contributed by atoms with van der Waals surface area (Å²) in [6.45, 7) is 3.07. The fourth-order valence-electron chi connectivity index (χ4n) is 3.22. The molecule has 0 saturated carbocycles. The van der Waals surface area contributed by atoms with Crippen LogP contribution in [0.3, 0.4) is 0 Å². The van der Waals surface area contributed by atoms with Crippen LogP contribution in [0.25, 0.3) is 11.0 Å². The standard InChI is InChI=1S/C22H23FN6O2/c1-14-21(22(30)26-13-18-15(23)5-4-10-25-18)29-20(31-14)9-12-24-11-8-19-27-16-6-2-3-7-17(16)28-19/h2-7,10,24H,8-9,11-13H2,1H3,(H,26,30)(H,27,28). The second-order valence-corrected chi connectivity index (χ2v) is 7.08. The molecular formula is C22H23FN6O2. The van der Waals surface area contributed by atoms with E-state index < -0.39 is 11.7 Å². The zero-order valence-electron chi connectivity index (χ0n) is 17.1. The summed E-state index contributed by atoms with van der Waals surface area (Å²) < 4.78 is 19.2. The van der Waals surface area contributed by atoms with Crippen LogP contribution in [0, 0.1) is 12.7 Å². The van der Waals surface area contributed by atoms with Gasteiger partial charge in [0.25, 0.3) is 5.91 Å². The second-order valence-electron chi connectivity index (χ2n) is 7.08. The molecule has 4 aromatic rings. The van der Waals surface area contributed by atoms with Gasteiger partial charge in [0.15, 0.2) is 11.6 Å². The molecule has 0 atom stereocenters. The lowest BCUT2D eigenvalue weighted by atomic mass is 10.3. The number of pyridine rings is 1. The maximum Gasteiger partial charge on any atom is 0.273 e. The van der Waals surface area contributed by atoms with Crippen molar-refractivity contribution in [2.75, 3.05) is 13.1 Å². The van der Waals surface area contributed by atoms with Crippen LogP contribution in [-0.4, -0.2) is 38.9 Å². The summed E-state index contributed by atoms with van der Waals surface area (Å²) in [5.41, 5.74) is 2.37. The number of hydrogen-bond donors (Lipinski definition) is 3. The number of imidazole rings is 1. The van der Waals surface area contributed by atoms with Gasteiger partial charge < -0.3 is 20.0 Å². The SMILES string of the molecule is Cc1oc(CCNCCc2nc3ccccc3[nH]2)nc1C(=O)NCc1ncccc1F. The van der Waals surface area contributed by atoms with Gasteiger partial charge in [-0.05, 0) is 31.2 Å². The molecule has 1 amide bonds. The molecule has 0 fully saturated rings. The van der Waals surface area contributed by atoms with E-state index in [1.807, 2.05) is 24.3 Å². The zero-order chi connectivity index (χ0) is 21.6. The first-order valence-corrected chi connectivity index (χ1v) is 10.1. The maximum absolute atomic E-state index is 13.6. The molecule has 31 heavy (non-hydrogen) atoms. The minimum atomic E-state index is -0.464. The van der Waals surface area contributed by atoms with E-state index in [0.717, 1.165) is 29.8 Å². The number of aromatic nitrogens is 4. The largest absolute Gasteiger partial charge is 0.445 e. The number of oxazole rings is 1. The molecule has 0 saturated heterocycles. The molecule has 0 spiro atoms. The van der Waals surface area contributed by atoms with E-state index >= 15 is 0 Å². The van der Waals surface area contributed by atoms with Gasteiger partial charge >= 0.3 is 0 Å². The highest BCUT2D eigenvalue weighted by atomic mass is 19.1. The van der Waals surface area contributed by atoms with Crippen molar-refractivity contribution in [3.63, 3.8) is 0 Å². The number of rotatable bonds is 9. The average molecular weight is 422 g/mol. The lowest BCUT2D eigenvalue weighted by Crippen LogP contribution is -2.25. The number of nitrogens with zero attached hydrogens (tertiary/aromatic N) is 3. The summed E-state index contributed by atoms with van der Waals surface area (Å²) >= 11 is 0. The Bertz CT molecular complexity index is 1150. The molecule has 0 unspecified atom stereocenters. The number of H-pyrrole nitrogens is 1. The molecule has 1 aromatic carbocycles. The van der Waals surface area contributed by atoms with Crippen molar-refractivity contribution < 1.29 is 13.6 Å². The molecule has 3 aromatic heterocycles. The molecule has 9 heteroatoms. The summed E-state index contributed by atoms with van der Waals surface area (Å²) in [7, 11) is 0. The van der Waals surface area contributed by atoms with Crippen LogP contribution in [0.5, 0.6) is 0 Å². The average Bonchev–Trinajstić information content (AvgIpc) is 3.35. The minimum absolute atomic E-state index is 0.0174. The first kappa shape index (κ1) is 20.7. The van der Waals surface area contributed by atoms with E-state index in [1.54, 1.807) is 6.92 Å². The van der Waals surface area contributed by atoms with E-state index in [9.17, 15) is 9.18 Å². The van der Waals surface area contributed by atoms with Gasteiger partial charge in [0.2, 0.25) is 0 Å². The van der Waals surface area contributed by atoms with Gasteiger partial charge in [0.05, 0.1) is 23.3 Å². The number of aromatic amines is 1. The van der Waals surface area contributed by atoms with Crippen molar-refractivity contribution >= 4 is 16.9 Å². The normalized spacial score (nSPS) is 11.2. The zero-order valence-corrected chi connectivity index (χ0v) is 17.1. The number of para-hydroxylation sites is 2. The molecule has 0 aliphatic heterocycles. The van der Waals surface area contributed by atoms with Crippen molar-refractivity contribution in [3.8, 4) is 0 Å². The summed E-state index contributed by atoms with van der Waals surface area (Å²) in [6, 6.07) is 10.7. The Hall–Kier alpha value is -3.59. The predicted molar refractivity (Wildman–Crippen MR) is 113 cm³/mol. The van der Waals surface area contributed by atoms with Gasteiger partial charge in [0, 0.05) is 32.1 Å². The van der Waals surface area contributed by atoms with E-state index in [0.29, 0.717) is 24.6 Å². The number of amides is 1. The van der Waals surface area contributed by atoms with Gasteiger partial charge in [-0.1, -0.05) is 12.1 Å². The number of hydrogen-bond acceptors (Lipinski definition) is 6. The Morgan fingerprint density at radius 2 is 1.97 bits per heavy atom. The maximum atomic E-state index is 13.6. The van der Waals surface area contributed by atoms with Crippen molar-refractivity contribution in [1.29, 1.82) is 0 Å². The first-order valence-electron chi connectivity index (χ1n) is 10.1. The Morgan fingerprint density at radius 1 is 1.13 bits per heavy atom. The Balaban J connectivity index is 1.23. The third kappa shape index (κ3) is 5.13. The van der Waals surface area contributed by atoms with Crippen molar-refractivity contribution in [3.05, 3.63) is 77.3 Å². The Kier molecular flexibility index (Phi) is 6.32. The number of nitrogens with one attached hydrogen (secondary N) is 3. The highest BCUT2D eigenvalue weighted by Gasteiger charge is 2.17. The number of aryl methyl sites for hydroxylation is 1. The van der Waals surface area contributed by atoms with E-state index in [2.05, 4.69) is 30.6 Å². The van der Waals surface area contributed by atoms with Crippen molar-refractivity contribution in [2.24, 2.45) is 0 Å². The lowest BCUT2D eigenvalue weighted by Gasteiger charge is -2.03. The van der Waals surface area contributed by atoms with Crippen LogP contribution >= 0.6 is 0 Å². The van der Waals surface area contributed by atoms with Gasteiger partial charge in [-0.25, -0.2) is 14.4 Å². The van der Waals surface area contributed by atoms with Crippen molar-refractivity contribution in [1.82, 2.24) is 30.6 Å². The number of benzene rings is 1. The smallest absolute Gasteiger partial charge is 0.273 e. The van der Waals surface area contributed by atoms with Crippen LogP contribution < -0.4 is 10.6 Å². The van der Waals surface area contributed by atoms with Crippen LogP contribution in [0.4, 0.5) is 4.39 Å². The summed E-state index contributed by atoms with van der Waals surface area (Å²) in [4.78, 5) is 28.4. The molecule has 0 aliphatic carbocycles. The fraction of sp³-hybridized carbons (Fsp3) is 0.273. The number of carbonyl (C=O) groups excluding carboxylic acids is 1. The number of carbonyl (C=O) groups is 1. The molecule has 3 heterocycles. The molecule has 3 N–H and O–H groups in total. The third-order valence-corrected chi connectivity index (χ3v) is 4.80. The van der Waals surface area contributed by atoms with Gasteiger partial charge in [-0.3, -0.25) is 9.78 Å². The molecular weight excluding hydrogens is 399 g/mol. The van der Waals surface area contributed by atoms with Gasteiger partial charge in [0.1, 0.15) is 17.4 Å². The fourth-order valence-corrected chi connectivity index (χ4v) is 3.22. The van der Waals surface area contributed by atoms with E-state index in [1.165, 1.54) is 18.3 Å². The quantitative estimate of drug-likeness (QED) is 0.358. The van der Waals surface area contributed by atoms with Crippen LogP contribution in [-0.2, 0) is 19.4 Å². The highest BCUT2D eigenvalue weighted by molar-refractivity contribution is 5.93. The first-order chi connectivity index (χ1) is 15.1. The lowest BCUT2D eigenvalue weighted by molar-refractivity contribution is 0.0944. The highest BCUT2D eigenvalue weighted by Crippen LogP contribution is 2.12. The molecule has 4 rings (SSSR count). The predicted octanol–water partition coefficient (Wildman–Crippen LogP) is 2.70. The van der Waals surface area contributed by atoms with Gasteiger partial charge in [-0.15, -0.1) is 0 Å². The van der Waals surface area contributed by atoms with E-state index in [4.69, 9.17) is 4.42 Å². The minimum Gasteiger partial charge on any atom is -0.445 e. The van der Waals surface area contributed by atoms with Crippen LogP contribution in [0.2, 0.25) is 0 Å². The summed E-state index contributed by atoms with van der Waals surface area (Å²) in [6.07, 6.45) is 2.80. The molecule has 160 valence electrons. The van der Waals surface area contributed by atoms with Crippen molar-refractivity contribution in [2.45, 2.75) is 26.3 Å². The van der Waals surface area contributed by atoms with Gasteiger partial charge in [-0.2, -0.15) is 0 Å². The number of halogens is 1. The summed E-state index contributed by atoms with van der Waals surface area (Å²) in [5.74, 6) is 0.952. The monoisotopic (exact) mass is 422 g/mol. The Morgan fingerprint density at radius 3 is 2.81 bits per heavy atom. The number of fused-ring (bicyclic) bond motifs is 1. The molecule has 0 aliphatic rings. The summed E-state index contributed by atoms with van der Waals surface area (Å²) in [5, 5.41) is 5.95. The third-order valence-electron chi connectivity index (χ3n) is 4.80. The van der Waals surface area contributed by atoms with E-state index in [-0.39, 0.29) is 17.9 Å².